The third kappa shape index (κ3) is 4.05. The number of carbonyl (C=O) groups is 2. The van der Waals surface area contributed by atoms with Crippen LogP contribution in [0.1, 0.15) is 27.7 Å². The summed E-state index contributed by atoms with van der Waals surface area (Å²) in [5, 5.41) is 4.57. The summed E-state index contributed by atoms with van der Waals surface area (Å²) in [5.74, 6) is 0.649. The predicted molar refractivity (Wildman–Crippen MR) is 122 cm³/mol. The molecule has 2 aromatic heterocycles. The number of piperidine rings is 1. The molecule has 164 valence electrons. The lowest BCUT2D eigenvalue weighted by atomic mass is 9.83. The topological polar surface area (TPSA) is 80.6 Å². The summed E-state index contributed by atoms with van der Waals surface area (Å²) in [6.07, 6.45) is 0.948. The van der Waals surface area contributed by atoms with Gasteiger partial charge in [-0.1, -0.05) is 24.3 Å². The molecule has 0 aliphatic carbocycles. The largest absolute Gasteiger partial charge is 0.484 e. The number of anilines is 1. The zero-order valence-electron chi connectivity index (χ0n) is 17.4. The van der Waals surface area contributed by atoms with Crippen molar-refractivity contribution in [2.45, 2.75) is 18.9 Å². The molecule has 32 heavy (non-hydrogen) atoms. The van der Waals surface area contributed by atoms with Crippen molar-refractivity contribution in [2.24, 2.45) is 5.92 Å². The number of fused-ring (bicyclic) bond motifs is 4. The van der Waals surface area contributed by atoms with Gasteiger partial charge in [-0.15, -0.1) is 11.3 Å². The minimum absolute atomic E-state index is 0.00392. The maximum absolute atomic E-state index is 13.1. The van der Waals surface area contributed by atoms with E-state index < -0.39 is 0 Å². The molecule has 0 saturated carbocycles. The van der Waals surface area contributed by atoms with Gasteiger partial charge in [-0.3, -0.25) is 14.4 Å². The molecule has 8 heteroatoms. The molecule has 1 saturated heterocycles. The molecule has 2 amide bonds. The standard InChI is InChI=1S/C24H23N3O4S/c28-22(15-31-18-5-2-1-3-6-18)26-12-16-11-17(14-26)20-9-8-19(24(30)27(20)13-16)25-23(29)21-7-4-10-32-21/h1-10,16-17H,11-15H2,(H,25,29)/t16-,17+/m0/s1. The maximum Gasteiger partial charge on any atom is 0.274 e. The molecule has 1 N–H and O–H groups in total. The molecule has 1 aromatic carbocycles. The normalized spacial score (nSPS) is 19.2. The number of aromatic nitrogens is 1. The Morgan fingerprint density at radius 3 is 2.66 bits per heavy atom. The van der Waals surface area contributed by atoms with Gasteiger partial charge in [0.2, 0.25) is 0 Å². The number of para-hydroxylation sites is 1. The number of carbonyl (C=O) groups excluding carboxylic acids is 2. The van der Waals surface area contributed by atoms with Gasteiger partial charge in [-0.05, 0) is 48.1 Å². The molecule has 5 rings (SSSR count). The van der Waals surface area contributed by atoms with E-state index in [1.54, 1.807) is 22.8 Å². The van der Waals surface area contributed by atoms with Crippen LogP contribution in [-0.4, -0.2) is 41.0 Å². The minimum atomic E-state index is -0.274. The molecule has 7 nitrogen and oxygen atoms in total. The number of hydrogen-bond acceptors (Lipinski definition) is 5. The van der Waals surface area contributed by atoms with Crippen LogP contribution in [0.2, 0.25) is 0 Å². The highest BCUT2D eigenvalue weighted by Crippen LogP contribution is 2.35. The van der Waals surface area contributed by atoms with Crippen LogP contribution in [0.5, 0.6) is 5.75 Å². The summed E-state index contributed by atoms with van der Waals surface area (Å²) < 4.78 is 7.40. The van der Waals surface area contributed by atoms with Gasteiger partial charge in [0.1, 0.15) is 11.4 Å². The zero-order chi connectivity index (χ0) is 22.1. The van der Waals surface area contributed by atoms with E-state index in [1.165, 1.54) is 11.3 Å². The predicted octanol–water partition coefficient (Wildman–Crippen LogP) is 3.19. The summed E-state index contributed by atoms with van der Waals surface area (Å²) >= 11 is 1.34. The van der Waals surface area contributed by atoms with Crippen LogP contribution < -0.4 is 15.6 Å². The summed E-state index contributed by atoms with van der Waals surface area (Å²) in [4.78, 5) is 40.6. The molecule has 2 aliphatic heterocycles. The van der Waals surface area contributed by atoms with Gasteiger partial charge in [0.25, 0.3) is 17.4 Å². The summed E-state index contributed by atoms with van der Waals surface area (Å²) in [6, 6.07) is 16.4. The fourth-order valence-corrected chi connectivity index (χ4v) is 5.21. The lowest BCUT2D eigenvalue weighted by Gasteiger charge is -2.42. The highest BCUT2D eigenvalue weighted by Gasteiger charge is 2.36. The van der Waals surface area contributed by atoms with Crippen molar-refractivity contribution in [1.82, 2.24) is 9.47 Å². The lowest BCUT2D eigenvalue weighted by Crippen LogP contribution is -2.50. The second-order valence-electron chi connectivity index (χ2n) is 8.22. The molecule has 0 unspecified atom stereocenters. The third-order valence-corrected chi connectivity index (χ3v) is 6.92. The highest BCUT2D eigenvalue weighted by atomic mass is 32.1. The van der Waals surface area contributed by atoms with Gasteiger partial charge in [0.05, 0.1) is 4.88 Å². The number of pyridine rings is 1. The second-order valence-corrected chi connectivity index (χ2v) is 9.17. The van der Waals surface area contributed by atoms with Gasteiger partial charge in [-0.2, -0.15) is 0 Å². The molecule has 2 bridgehead atoms. The Kier molecular flexibility index (Phi) is 5.53. The van der Waals surface area contributed by atoms with E-state index in [-0.39, 0.29) is 41.5 Å². The number of nitrogens with one attached hydrogen (secondary N) is 1. The molecule has 0 spiro atoms. The average Bonchev–Trinajstić information content (AvgIpc) is 3.35. The number of rotatable bonds is 5. The summed E-state index contributed by atoms with van der Waals surface area (Å²) in [5.41, 5.74) is 1.02. The van der Waals surface area contributed by atoms with Gasteiger partial charge in [-0.25, -0.2) is 0 Å². The van der Waals surface area contributed by atoms with Crippen LogP contribution in [0.15, 0.2) is 64.8 Å². The van der Waals surface area contributed by atoms with Crippen LogP contribution in [0.4, 0.5) is 5.69 Å². The molecule has 0 radical (unpaired) electrons. The van der Waals surface area contributed by atoms with E-state index in [0.717, 1.165) is 12.1 Å². The van der Waals surface area contributed by atoms with E-state index in [9.17, 15) is 14.4 Å². The minimum Gasteiger partial charge on any atom is -0.484 e. The Morgan fingerprint density at radius 2 is 1.88 bits per heavy atom. The fraction of sp³-hybridized carbons (Fsp3) is 0.292. The first-order valence-electron chi connectivity index (χ1n) is 10.6. The highest BCUT2D eigenvalue weighted by molar-refractivity contribution is 7.12. The molecular weight excluding hydrogens is 426 g/mol. The molecular formula is C24H23N3O4S. The Labute approximate surface area is 189 Å². The third-order valence-electron chi connectivity index (χ3n) is 6.06. The molecule has 3 aromatic rings. The first-order chi connectivity index (χ1) is 15.6. The smallest absolute Gasteiger partial charge is 0.274 e. The van der Waals surface area contributed by atoms with Crippen LogP contribution >= 0.6 is 11.3 Å². The molecule has 1 fully saturated rings. The number of hydrogen-bond donors (Lipinski definition) is 1. The van der Waals surface area contributed by atoms with Crippen molar-refractivity contribution >= 4 is 28.8 Å². The second kappa shape index (κ2) is 8.63. The average molecular weight is 450 g/mol. The van der Waals surface area contributed by atoms with Crippen molar-refractivity contribution in [3.8, 4) is 5.75 Å². The molecule has 4 heterocycles. The number of likely N-dealkylation sites (tertiary alicyclic amines) is 1. The van der Waals surface area contributed by atoms with Crippen LogP contribution in [-0.2, 0) is 11.3 Å². The van der Waals surface area contributed by atoms with Crippen molar-refractivity contribution in [3.63, 3.8) is 0 Å². The van der Waals surface area contributed by atoms with Crippen LogP contribution in [0.25, 0.3) is 0 Å². The maximum atomic E-state index is 13.1. The molecule has 2 atom stereocenters. The number of amides is 2. The number of ether oxygens (including phenoxy) is 1. The Morgan fingerprint density at radius 1 is 1.03 bits per heavy atom. The quantitative estimate of drug-likeness (QED) is 0.649. The number of nitrogens with zero attached hydrogens (tertiary/aromatic N) is 2. The van der Waals surface area contributed by atoms with E-state index in [4.69, 9.17) is 4.74 Å². The Balaban J connectivity index is 1.29. The van der Waals surface area contributed by atoms with Crippen LogP contribution in [0.3, 0.4) is 0 Å². The van der Waals surface area contributed by atoms with Crippen molar-refractivity contribution in [1.29, 1.82) is 0 Å². The van der Waals surface area contributed by atoms with Crippen molar-refractivity contribution < 1.29 is 14.3 Å². The Hall–Kier alpha value is -3.39. The van der Waals surface area contributed by atoms with Gasteiger partial charge < -0.3 is 19.5 Å². The van der Waals surface area contributed by atoms with Crippen molar-refractivity contribution in [3.05, 3.63) is 80.9 Å². The Bertz CT molecular complexity index is 1190. The molecule has 2 aliphatic rings. The van der Waals surface area contributed by atoms with E-state index in [0.29, 0.717) is 30.3 Å². The summed E-state index contributed by atoms with van der Waals surface area (Å²) in [7, 11) is 0. The van der Waals surface area contributed by atoms with E-state index in [1.807, 2.05) is 46.7 Å². The first-order valence-corrected chi connectivity index (χ1v) is 11.5. The zero-order valence-corrected chi connectivity index (χ0v) is 18.2. The van der Waals surface area contributed by atoms with Crippen LogP contribution in [0, 0.1) is 5.92 Å². The number of thiophene rings is 1. The van der Waals surface area contributed by atoms with E-state index >= 15 is 0 Å². The monoisotopic (exact) mass is 449 g/mol. The van der Waals surface area contributed by atoms with Gasteiger partial charge >= 0.3 is 0 Å². The summed E-state index contributed by atoms with van der Waals surface area (Å²) in [6.45, 7) is 1.71. The first kappa shape index (κ1) is 20.5. The number of benzene rings is 1. The lowest BCUT2D eigenvalue weighted by molar-refractivity contribution is -0.136. The van der Waals surface area contributed by atoms with Crippen molar-refractivity contribution in [2.75, 3.05) is 25.0 Å². The fourth-order valence-electron chi connectivity index (χ4n) is 4.59. The van der Waals surface area contributed by atoms with Gasteiger partial charge in [0, 0.05) is 31.2 Å². The van der Waals surface area contributed by atoms with E-state index in [2.05, 4.69) is 5.32 Å². The van der Waals surface area contributed by atoms with Gasteiger partial charge in [0.15, 0.2) is 6.61 Å². The SMILES string of the molecule is O=C(Nc1ccc2n(c1=O)C[C@H]1C[C@@H]2CN(C(=O)COc2ccccc2)C1)c1cccs1.